The van der Waals surface area contributed by atoms with E-state index >= 15 is 0 Å². The van der Waals surface area contributed by atoms with Gasteiger partial charge in [0.05, 0.1) is 22.1 Å². The van der Waals surface area contributed by atoms with Crippen LogP contribution in [0.2, 0.25) is 6.55 Å². The maximum atomic E-state index is 2.58. The second-order valence-electron chi connectivity index (χ2n) is 15.0. The summed E-state index contributed by atoms with van der Waals surface area (Å²) in [7, 11) is -2.29. The molecule has 2 nitrogen and oxygen atoms in total. The molecule has 5 heterocycles. The van der Waals surface area contributed by atoms with Crippen molar-refractivity contribution in [1.82, 2.24) is 9.13 Å². The first-order valence-electron chi connectivity index (χ1n) is 19.2. The summed E-state index contributed by atoms with van der Waals surface area (Å²) in [6.45, 7) is 2.58. The molecule has 0 bridgehead atoms. The summed E-state index contributed by atoms with van der Waals surface area (Å²) in [5, 5.41) is 9.72. The molecule has 0 radical (unpaired) electrons. The van der Waals surface area contributed by atoms with Gasteiger partial charge >= 0.3 is 0 Å². The Kier molecular flexibility index (Phi) is 6.94. The van der Waals surface area contributed by atoms with E-state index in [9.17, 15) is 0 Å². The van der Waals surface area contributed by atoms with Crippen molar-refractivity contribution in [1.29, 1.82) is 0 Å². The Hall–Kier alpha value is -6.24. The predicted molar refractivity (Wildman–Crippen MR) is 244 cm³/mol. The molecule has 7 aromatic carbocycles. The first kappa shape index (κ1) is 32.0. The van der Waals surface area contributed by atoms with E-state index in [1.54, 1.807) is 10.4 Å². The minimum Gasteiger partial charge on any atom is -0.309 e. The first-order chi connectivity index (χ1) is 27.6. The van der Waals surface area contributed by atoms with Gasteiger partial charge in [-0.1, -0.05) is 122 Å². The van der Waals surface area contributed by atoms with Crippen molar-refractivity contribution in [2.75, 3.05) is 0 Å². The summed E-state index contributed by atoms with van der Waals surface area (Å²) in [6.07, 6.45) is 0. The summed E-state index contributed by atoms with van der Waals surface area (Å²) in [6, 6.07) is 69.7. The van der Waals surface area contributed by atoms with Crippen LogP contribution in [0.15, 0.2) is 188 Å². The van der Waals surface area contributed by atoms with E-state index < -0.39 is 8.07 Å². The second kappa shape index (κ2) is 12.1. The van der Waals surface area contributed by atoms with Crippen LogP contribution >= 0.6 is 22.7 Å². The Morgan fingerprint density at radius 1 is 0.375 bits per heavy atom. The first-order valence-corrected chi connectivity index (χ1v) is 23.3. The summed E-state index contributed by atoms with van der Waals surface area (Å²) < 4.78 is 4.80. The number of hydrogen-bond acceptors (Lipinski definition) is 2. The standard InChI is InChI=1S/C51H34N2S2Si/c1-56(37-19-9-4-10-20-37)48-31-46(33-25-27-44-40(29-33)38-21-11-13-23-42(38)52(44)35-15-5-2-6-16-35)54-50(48)51-49(56)32-47(55-51)34-26-28-45-41(30-34)39-22-12-14-24-43(39)53(45)36-17-7-3-8-18-36/h2-32H,1H3. The molecule has 5 heteroatoms. The van der Waals surface area contributed by atoms with E-state index in [-0.39, 0.29) is 0 Å². The number of nitrogens with zero attached hydrogens (tertiary/aromatic N) is 2. The van der Waals surface area contributed by atoms with Gasteiger partial charge in [-0.3, -0.25) is 0 Å². The van der Waals surface area contributed by atoms with E-state index in [1.807, 2.05) is 22.7 Å². The Morgan fingerprint density at radius 3 is 1.23 bits per heavy atom. The molecule has 0 N–H and O–H groups in total. The van der Waals surface area contributed by atoms with E-state index in [1.165, 1.54) is 90.8 Å². The molecule has 264 valence electrons. The van der Waals surface area contributed by atoms with E-state index in [0.717, 1.165) is 0 Å². The lowest BCUT2D eigenvalue weighted by Gasteiger charge is -2.24. The molecule has 0 atom stereocenters. The molecule has 0 unspecified atom stereocenters. The maximum Gasteiger partial charge on any atom is 0.149 e. The number of rotatable bonds is 5. The van der Waals surface area contributed by atoms with Gasteiger partial charge in [0.25, 0.3) is 0 Å². The molecule has 56 heavy (non-hydrogen) atoms. The molecule has 11 aromatic rings. The number of fused-ring (bicyclic) bond motifs is 9. The van der Waals surface area contributed by atoms with Crippen molar-refractivity contribution in [2.45, 2.75) is 6.55 Å². The summed E-state index contributed by atoms with van der Waals surface area (Å²) in [5.41, 5.74) is 9.91. The highest BCUT2D eigenvalue weighted by atomic mass is 32.1. The zero-order valence-electron chi connectivity index (χ0n) is 30.6. The van der Waals surface area contributed by atoms with Crippen LogP contribution in [0, 0.1) is 0 Å². The lowest BCUT2D eigenvalue weighted by atomic mass is 10.1. The zero-order valence-corrected chi connectivity index (χ0v) is 33.2. The largest absolute Gasteiger partial charge is 0.309 e. The van der Waals surface area contributed by atoms with Gasteiger partial charge < -0.3 is 9.13 Å². The van der Waals surface area contributed by atoms with Gasteiger partial charge in [-0.2, -0.15) is 0 Å². The monoisotopic (exact) mass is 766 g/mol. The van der Waals surface area contributed by atoms with Crippen molar-refractivity contribution >= 4 is 89.9 Å². The zero-order chi connectivity index (χ0) is 37.0. The van der Waals surface area contributed by atoms with Gasteiger partial charge in [0.15, 0.2) is 0 Å². The minimum absolute atomic E-state index is 1.19. The average molecular weight is 767 g/mol. The third kappa shape index (κ3) is 4.53. The van der Waals surface area contributed by atoms with Crippen molar-refractivity contribution in [2.24, 2.45) is 0 Å². The minimum atomic E-state index is -2.29. The SMILES string of the molecule is C[Si]1(c2ccccc2)c2cc(-c3ccc4c(c3)c3ccccc3n4-c3ccccc3)sc2-c2sc(-c3ccc4c(c3)c3ccccc3n4-c3ccccc3)cc21. The van der Waals surface area contributed by atoms with Crippen LogP contribution in [-0.2, 0) is 0 Å². The van der Waals surface area contributed by atoms with E-state index in [0.29, 0.717) is 0 Å². The van der Waals surface area contributed by atoms with Gasteiger partial charge in [0, 0.05) is 52.4 Å². The molecule has 0 spiro atoms. The van der Waals surface area contributed by atoms with Crippen LogP contribution in [0.1, 0.15) is 0 Å². The quantitative estimate of drug-likeness (QED) is 0.154. The summed E-state index contributed by atoms with van der Waals surface area (Å²) in [4.78, 5) is 5.60. The normalized spacial score (nSPS) is 13.2. The highest BCUT2D eigenvalue weighted by Gasteiger charge is 2.46. The number of benzene rings is 7. The Balaban J connectivity index is 1.02. The molecule has 4 aromatic heterocycles. The molecule has 0 saturated heterocycles. The molecule has 1 aliphatic rings. The topological polar surface area (TPSA) is 9.86 Å². The van der Waals surface area contributed by atoms with E-state index in [4.69, 9.17) is 0 Å². The predicted octanol–water partition coefficient (Wildman–Crippen LogP) is 12.4. The highest BCUT2D eigenvalue weighted by Crippen LogP contribution is 2.46. The molecule has 0 amide bonds. The van der Waals surface area contributed by atoms with Crippen molar-refractivity contribution in [3.8, 4) is 42.0 Å². The van der Waals surface area contributed by atoms with Crippen molar-refractivity contribution < 1.29 is 0 Å². The second-order valence-corrected chi connectivity index (χ2v) is 21.0. The van der Waals surface area contributed by atoms with E-state index in [2.05, 4.69) is 204 Å². The lowest BCUT2D eigenvalue weighted by Crippen LogP contribution is -2.61. The summed E-state index contributed by atoms with van der Waals surface area (Å²) >= 11 is 3.96. The number of aromatic nitrogens is 2. The third-order valence-electron chi connectivity index (χ3n) is 12.0. The fraction of sp³-hybridized carbons (Fsp3) is 0.0196. The van der Waals surface area contributed by atoms with Crippen LogP contribution in [0.5, 0.6) is 0 Å². The molecule has 0 saturated carbocycles. The van der Waals surface area contributed by atoms with Crippen LogP contribution in [0.4, 0.5) is 0 Å². The average Bonchev–Trinajstić information content (AvgIpc) is 4.07. The number of hydrogen-bond donors (Lipinski definition) is 0. The van der Waals surface area contributed by atoms with Gasteiger partial charge in [-0.25, -0.2) is 0 Å². The van der Waals surface area contributed by atoms with Crippen molar-refractivity contribution in [3.05, 3.63) is 188 Å². The smallest absolute Gasteiger partial charge is 0.149 e. The lowest BCUT2D eigenvalue weighted by molar-refractivity contribution is 1.18. The van der Waals surface area contributed by atoms with Crippen LogP contribution in [-0.4, -0.2) is 17.2 Å². The molecule has 0 aliphatic carbocycles. The Morgan fingerprint density at radius 2 is 0.768 bits per heavy atom. The fourth-order valence-corrected chi connectivity index (χ4v) is 17.3. The molecular weight excluding hydrogens is 733 g/mol. The third-order valence-corrected chi connectivity index (χ3v) is 19.4. The maximum absolute atomic E-state index is 2.58. The van der Waals surface area contributed by atoms with Gasteiger partial charge in [0.2, 0.25) is 0 Å². The Bertz CT molecular complexity index is 3110. The number of para-hydroxylation sites is 4. The van der Waals surface area contributed by atoms with Crippen molar-refractivity contribution in [3.63, 3.8) is 0 Å². The fourth-order valence-electron chi connectivity index (χ4n) is 9.34. The molecule has 12 rings (SSSR count). The summed E-state index contributed by atoms with van der Waals surface area (Å²) in [5.74, 6) is 0. The molecule has 1 aliphatic heterocycles. The van der Waals surface area contributed by atoms with Gasteiger partial charge in [0.1, 0.15) is 8.07 Å². The highest BCUT2D eigenvalue weighted by molar-refractivity contribution is 7.33. The molecular formula is C51H34N2S2Si. The number of thiophene rings is 2. The van der Waals surface area contributed by atoms with Gasteiger partial charge in [-0.05, 0) is 99.5 Å². The van der Waals surface area contributed by atoms with Crippen LogP contribution < -0.4 is 15.6 Å². The van der Waals surface area contributed by atoms with Crippen LogP contribution in [0.25, 0.3) is 85.6 Å². The Labute approximate surface area is 333 Å². The van der Waals surface area contributed by atoms with Crippen LogP contribution in [0.3, 0.4) is 0 Å². The van der Waals surface area contributed by atoms with Gasteiger partial charge in [-0.15, -0.1) is 22.7 Å². The molecule has 0 fully saturated rings.